The molecule has 0 aliphatic rings. The van der Waals surface area contributed by atoms with Crippen LogP contribution in [-0.2, 0) is 16.4 Å². The summed E-state index contributed by atoms with van der Waals surface area (Å²) in [6.45, 7) is 0. The van der Waals surface area contributed by atoms with Crippen molar-refractivity contribution in [1.29, 1.82) is 0 Å². The molecule has 0 spiro atoms. The van der Waals surface area contributed by atoms with E-state index in [2.05, 4.69) is 15.0 Å². The molecule has 28 heavy (non-hydrogen) atoms. The summed E-state index contributed by atoms with van der Waals surface area (Å²) in [6, 6.07) is 20.8. The molecule has 3 rings (SSSR count). The van der Waals surface area contributed by atoms with E-state index in [9.17, 15) is 8.42 Å². The van der Waals surface area contributed by atoms with Gasteiger partial charge < -0.3 is 10.1 Å². The lowest BCUT2D eigenvalue weighted by Crippen LogP contribution is -2.17. The fourth-order valence-electron chi connectivity index (χ4n) is 2.72. The highest BCUT2D eigenvalue weighted by atomic mass is 32.2. The van der Waals surface area contributed by atoms with Crippen LogP contribution in [0.1, 0.15) is 12.0 Å². The lowest BCUT2D eigenvalue weighted by Gasteiger charge is -2.10. The molecule has 0 saturated heterocycles. The minimum Gasteiger partial charge on any atom is -0.497 e. The Kier molecular flexibility index (Phi) is 6.49. The van der Waals surface area contributed by atoms with Crippen molar-refractivity contribution < 1.29 is 13.2 Å². The molecule has 6 nitrogen and oxygen atoms in total. The predicted octanol–water partition coefficient (Wildman–Crippen LogP) is 4.21. The zero-order chi connectivity index (χ0) is 19.8. The van der Waals surface area contributed by atoms with Gasteiger partial charge in [-0.05, 0) is 42.7 Å². The van der Waals surface area contributed by atoms with E-state index in [1.54, 1.807) is 25.4 Å². The second kappa shape index (κ2) is 9.23. The van der Waals surface area contributed by atoms with Crippen LogP contribution in [0.5, 0.6) is 5.75 Å². The highest BCUT2D eigenvalue weighted by Crippen LogP contribution is 2.21. The summed E-state index contributed by atoms with van der Waals surface area (Å²) in [5.41, 5.74) is 2.74. The molecular weight excluding hydrogens is 374 g/mol. The van der Waals surface area contributed by atoms with Crippen molar-refractivity contribution in [2.75, 3.05) is 22.9 Å². The maximum Gasteiger partial charge on any atom is 0.233 e. The van der Waals surface area contributed by atoms with Gasteiger partial charge in [0, 0.05) is 11.8 Å². The van der Waals surface area contributed by atoms with Crippen molar-refractivity contribution >= 4 is 27.2 Å². The fraction of sp³-hybridized carbons (Fsp3) is 0.190. The van der Waals surface area contributed by atoms with Crippen molar-refractivity contribution in [2.24, 2.45) is 0 Å². The number of nitrogens with zero attached hydrogens (tertiary/aromatic N) is 1. The first kappa shape index (κ1) is 19.7. The van der Waals surface area contributed by atoms with E-state index in [-0.39, 0.29) is 5.75 Å². The third-order valence-corrected chi connectivity index (χ3v) is 5.45. The Labute approximate surface area is 165 Å². The van der Waals surface area contributed by atoms with Gasteiger partial charge in [0.15, 0.2) is 0 Å². The number of aromatic nitrogens is 1. The number of ether oxygens (including phenoxy) is 1. The first-order valence-corrected chi connectivity index (χ1v) is 10.6. The number of hydrogen-bond acceptors (Lipinski definition) is 5. The van der Waals surface area contributed by atoms with E-state index in [1.807, 2.05) is 54.6 Å². The average Bonchev–Trinajstić information content (AvgIpc) is 2.70. The molecule has 0 saturated carbocycles. The number of rotatable bonds is 9. The number of hydrogen-bond donors (Lipinski definition) is 2. The minimum atomic E-state index is -3.43. The van der Waals surface area contributed by atoms with Crippen LogP contribution < -0.4 is 14.8 Å². The summed E-state index contributed by atoms with van der Waals surface area (Å²) in [5, 5.41) is 3.20. The zero-order valence-electron chi connectivity index (χ0n) is 15.6. The van der Waals surface area contributed by atoms with Crippen LogP contribution in [0.25, 0.3) is 0 Å². The minimum absolute atomic E-state index is 0.0490. The monoisotopic (exact) mass is 397 g/mol. The molecule has 3 aromatic rings. The van der Waals surface area contributed by atoms with Crippen molar-refractivity contribution in [3.8, 4) is 5.75 Å². The smallest absolute Gasteiger partial charge is 0.233 e. The molecule has 0 atom stereocenters. The normalized spacial score (nSPS) is 11.0. The Morgan fingerprint density at radius 1 is 0.964 bits per heavy atom. The second-order valence-corrected chi connectivity index (χ2v) is 8.14. The van der Waals surface area contributed by atoms with Crippen LogP contribution >= 0.6 is 0 Å². The SMILES string of the molecule is COc1cccc(Nc2ccc(NS(=O)(=O)CCCc3ccccc3)nc2)c1. The third kappa shape index (κ3) is 5.99. The van der Waals surface area contributed by atoms with E-state index >= 15 is 0 Å². The van der Waals surface area contributed by atoms with Crippen molar-refractivity contribution in [3.63, 3.8) is 0 Å². The van der Waals surface area contributed by atoms with Crippen LogP contribution in [0.4, 0.5) is 17.2 Å². The molecule has 2 aromatic carbocycles. The predicted molar refractivity (Wildman–Crippen MR) is 113 cm³/mol. The topological polar surface area (TPSA) is 80.3 Å². The van der Waals surface area contributed by atoms with Gasteiger partial charge >= 0.3 is 0 Å². The molecule has 0 unspecified atom stereocenters. The summed E-state index contributed by atoms with van der Waals surface area (Å²) >= 11 is 0. The Hall–Kier alpha value is -3.06. The molecule has 1 aromatic heterocycles. The van der Waals surface area contributed by atoms with Gasteiger partial charge in [-0.25, -0.2) is 13.4 Å². The maximum absolute atomic E-state index is 12.3. The van der Waals surface area contributed by atoms with E-state index in [1.165, 1.54) is 0 Å². The largest absolute Gasteiger partial charge is 0.497 e. The van der Waals surface area contributed by atoms with Gasteiger partial charge in [-0.15, -0.1) is 0 Å². The van der Waals surface area contributed by atoms with Gasteiger partial charge in [-0.2, -0.15) is 0 Å². The van der Waals surface area contributed by atoms with Crippen LogP contribution in [0.3, 0.4) is 0 Å². The summed E-state index contributed by atoms with van der Waals surface area (Å²) in [7, 11) is -1.82. The zero-order valence-corrected chi connectivity index (χ0v) is 16.4. The number of benzene rings is 2. The Bertz CT molecular complexity index is 991. The molecule has 0 radical (unpaired) electrons. The molecule has 2 N–H and O–H groups in total. The first-order valence-electron chi connectivity index (χ1n) is 8.96. The van der Waals surface area contributed by atoms with Crippen molar-refractivity contribution in [2.45, 2.75) is 12.8 Å². The van der Waals surface area contributed by atoms with Gasteiger partial charge in [0.1, 0.15) is 11.6 Å². The molecule has 146 valence electrons. The molecule has 0 fully saturated rings. The van der Waals surface area contributed by atoms with Gasteiger partial charge in [-0.1, -0.05) is 36.4 Å². The Morgan fingerprint density at radius 2 is 1.79 bits per heavy atom. The van der Waals surface area contributed by atoms with Crippen LogP contribution in [-0.4, -0.2) is 26.3 Å². The molecule has 7 heteroatoms. The van der Waals surface area contributed by atoms with E-state index in [4.69, 9.17) is 4.74 Å². The van der Waals surface area contributed by atoms with Gasteiger partial charge in [0.2, 0.25) is 10.0 Å². The van der Waals surface area contributed by atoms with Crippen LogP contribution in [0.2, 0.25) is 0 Å². The second-order valence-electron chi connectivity index (χ2n) is 6.30. The van der Waals surface area contributed by atoms with Crippen LogP contribution in [0, 0.1) is 0 Å². The van der Waals surface area contributed by atoms with Gasteiger partial charge in [-0.3, -0.25) is 4.72 Å². The highest BCUT2D eigenvalue weighted by Gasteiger charge is 2.11. The third-order valence-electron chi connectivity index (χ3n) is 4.10. The number of aryl methyl sites for hydroxylation is 1. The molecule has 0 bridgehead atoms. The number of sulfonamides is 1. The summed E-state index contributed by atoms with van der Waals surface area (Å²) < 4.78 is 32.2. The first-order chi connectivity index (χ1) is 13.5. The van der Waals surface area contributed by atoms with Crippen molar-refractivity contribution in [3.05, 3.63) is 78.5 Å². The van der Waals surface area contributed by atoms with Gasteiger partial charge in [0.05, 0.1) is 24.7 Å². The molecule has 0 aliphatic heterocycles. The lowest BCUT2D eigenvalue weighted by atomic mass is 10.1. The molecule has 0 aliphatic carbocycles. The van der Waals surface area contributed by atoms with Gasteiger partial charge in [0.25, 0.3) is 0 Å². The average molecular weight is 398 g/mol. The molecular formula is C21H23N3O3S. The van der Waals surface area contributed by atoms with Crippen LogP contribution in [0.15, 0.2) is 72.9 Å². The number of pyridine rings is 1. The fourth-order valence-corrected chi connectivity index (χ4v) is 3.78. The Morgan fingerprint density at radius 3 is 2.50 bits per heavy atom. The summed E-state index contributed by atoms with van der Waals surface area (Å²) in [6.07, 6.45) is 2.86. The van der Waals surface area contributed by atoms with E-state index in [0.29, 0.717) is 12.2 Å². The van der Waals surface area contributed by atoms with E-state index < -0.39 is 10.0 Å². The number of anilines is 3. The standard InChI is InChI=1S/C21H23N3O3S/c1-27-20-11-5-10-18(15-20)23-19-12-13-21(22-16-19)24-28(25,26)14-6-9-17-7-3-2-4-8-17/h2-5,7-8,10-13,15-16,23H,6,9,14H2,1H3,(H,22,24). The van der Waals surface area contributed by atoms with Crippen molar-refractivity contribution in [1.82, 2.24) is 4.98 Å². The summed E-state index contributed by atoms with van der Waals surface area (Å²) in [4.78, 5) is 4.18. The maximum atomic E-state index is 12.3. The lowest BCUT2D eigenvalue weighted by molar-refractivity contribution is 0.415. The molecule has 1 heterocycles. The highest BCUT2D eigenvalue weighted by molar-refractivity contribution is 7.92. The number of methoxy groups -OCH3 is 1. The molecule has 0 amide bonds. The quantitative estimate of drug-likeness (QED) is 0.565. The number of nitrogens with one attached hydrogen (secondary N) is 2. The Balaban J connectivity index is 1.53. The van der Waals surface area contributed by atoms with E-state index in [0.717, 1.165) is 29.1 Å². The summed E-state index contributed by atoms with van der Waals surface area (Å²) in [5.74, 6) is 1.10.